The molecule has 0 unspecified atom stereocenters. The number of hydrogen-bond donors (Lipinski definition) is 0. The van der Waals surface area contributed by atoms with Crippen molar-refractivity contribution in [3.63, 3.8) is 0 Å². The van der Waals surface area contributed by atoms with E-state index in [1.165, 1.54) is 0 Å². The number of halogens is 5. The summed E-state index contributed by atoms with van der Waals surface area (Å²) in [6, 6.07) is -0.369. The van der Waals surface area contributed by atoms with E-state index >= 15 is 0 Å². The molecule has 0 saturated heterocycles. The monoisotopic (exact) mass is 750 g/mol. The minimum absolute atomic E-state index is 0. The van der Waals surface area contributed by atoms with Gasteiger partial charge in [-0.05, 0) is 0 Å². The third-order valence-electron chi connectivity index (χ3n) is 0.854. The van der Waals surface area contributed by atoms with E-state index in [2.05, 4.69) is 10.2 Å². The van der Waals surface area contributed by atoms with Gasteiger partial charge in [-0.25, -0.2) is 0 Å². The van der Waals surface area contributed by atoms with Gasteiger partial charge in [0.1, 0.15) is 0 Å². The van der Waals surface area contributed by atoms with Crippen molar-refractivity contribution in [1.82, 2.24) is 0 Å². The Morgan fingerprint density at radius 2 is 0.947 bits per heavy atom. The van der Waals surface area contributed by atoms with Gasteiger partial charge in [0.25, 0.3) is 0 Å². The smallest absolute Gasteiger partial charge is 0 e. The van der Waals surface area contributed by atoms with Crippen molar-refractivity contribution >= 4 is 10.2 Å². The van der Waals surface area contributed by atoms with Gasteiger partial charge in [-0.2, -0.15) is 22.0 Å². The van der Waals surface area contributed by atoms with Crippen LogP contribution in [0.4, 0.5) is 22.0 Å². The largest absolute Gasteiger partial charge is 0 e. The second kappa shape index (κ2) is 31.4. The molecule has 0 rings (SSSR count). The quantitative estimate of drug-likeness (QED) is 0.322. The summed E-state index contributed by atoms with van der Waals surface area (Å²) in [6.07, 6.45) is -6.63. The zero-order valence-corrected chi connectivity index (χ0v) is 27.6. The molecule has 0 heterocycles. The van der Waals surface area contributed by atoms with Crippen LogP contribution in [-0.2, 0) is 190 Å². The van der Waals surface area contributed by atoms with Gasteiger partial charge in [0.05, 0.1) is 0 Å². The Morgan fingerprint density at radius 1 is 0.737 bits per heavy atom. The van der Waals surface area contributed by atoms with E-state index in [1.54, 1.807) is 0 Å². The number of nitrogens with zero attached hydrogens (tertiary/aromatic N) is 3. The predicted octanol–water partition coefficient (Wildman–Crippen LogP) is 2.19. The fourth-order valence-corrected chi connectivity index (χ4v) is 0.613. The van der Waals surface area contributed by atoms with Crippen molar-refractivity contribution in [2.24, 2.45) is 0 Å². The molecule has 0 bridgehead atoms. The second-order valence-corrected chi connectivity index (χ2v) is 2.20. The first-order valence-corrected chi connectivity index (χ1v) is 7.69. The van der Waals surface area contributed by atoms with Crippen LogP contribution in [-0.4, -0.2) is 22.3 Å². The molecule has 0 aliphatic rings. The zero-order valence-electron chi connectivity index (χ0n) is 9.61. The first-order chi connectivity index (χ1) is 7.31. The van der Waals surface area contributed by atoms with Crippen molar-refractivity contribution < 1.29 is 212 Å². The molecule has 0 atom stereocenters. The summed E-state index contributed by atoms with van der Waals surface area (Å²) in [4.78, 5) is 0. The van der Waals surface area contributed by atoms with Crippen molar-refractivity contribution in [2.75, 3.05) is 0 Å². The molecule has 0 spiro atoms. The summed E-state index contributed by atoms with van der Waals surface area (Å²) < 4.78 is 78.7. The molecule has 0 fully saturated rings. The van der Waals surface area contributed by atoms with Crippen LogP contribution < -0.4 is 0 Å². The molecular weight excluding hydrogens is 747 g/mol. The summed E-state index contributed by atoms with van der Waals surface area (Å²) >= 11 is 1.05. The van der Waals surface area contributed by atoms with Crippen LogP contribution >= 0.6 is 0 Å². The molecule has 92 valence electrons. The van der Waals surface area contributed by atoms with E-state index in [4.69, 9.17) is 6.83 Å². The van der Waals surface area contributed by atoms with Gasteiger partial charge >= 0.3 is 111 Å². The summed E-state index contributed by atoms with van der Waals surface area (Å²) in [7, 11) is 2.54. The van der Waals surface area contributed by atoms with Gasteiger partial charge in [-0.3, -0.25) is 0 Å². The third kappa shape index (κ3) is 31.8. The van der Waals surface area contributed by atoms with Gasteiger partial charge < -0.3 is 0 Å². The van der Waals surface area contributed by atoms with Crippen LogP contribution in [0.1, 0.15) is 6.42 Å². The van der Waals surface area contributed by atoms with E-state index in [9.17, 15) is 22.0 Å². The van der Waals surface area contributed by atoms with Crippen LogP contribution in [0.25, 0.3) is 0 Å². The van der Waals surface area contributed by atoms with Gasteiger partial charge in [-0.15, -0.1) is 0 Å². The molecule has 0 aromatic heterocycles. The number of alkyl halides is 5. The van der Waals surface area contributed by atoms with Gasteiger partial charge in [0.2, 0.25) is 0 Å². The molecule has 6 radical (unpaired) electrons. The summed E-state index contributed by atoms with van der Waals surface area (Å²) in [6.45, 7) is 0. The van der Waals surface area contributed by atoms with Crippen LogP contribution in [0, 0.1) is 6.83 Å². The summed E-state index contributed by atoms with van der Waals surface area (Å²) in [5.41, 5.74) is 0. The van der Waals surface area contributed by atoms with Crippen LogP contribution in [0.15, 0.2) is 0 Å². The fraction of sp³-hybridized carbons (Fsp3) is 1.00. The fourth-order valence-electron chi connectivity index (χ4n) is 0.299. The Bertz CT molecular complexity index is 207. The topological polar surface area (TPSA) is 71.4 Å². The SMILES string of the molecule is FC(F)(F)C(F)(F)CC[Si].[N]#[Y].[N]#[Y].[N]#[Y].[Y].[Y].[Y]. The van der Waals surface area contributed by atoms with Gasteiger partial charge in [0.15, 0.2) is 0 Å². The van der Waals surface area contributed by atoms with Crippen molar-refractivity contribution in [2.45, 2.75) is 24.6 Å². The number of hydrogen-bond acceptors (Lipinski definition) is 3. The predicted molar refractivity (Wildman–Crippen MR) is 31.4 cm³/mol. The van der Waals surface area contributed by atoms with Crippen LogP contribution in [0.5, 0.6) is 0 Å². The molecule has 15 heteroatoms. The second-order valence-electron chi connectivity index (χ2n) is 1.70. The maximum atomic E-state index is 11.8. The minimum atomic E-state index is -5.42. The van der Waals surface area contributed by atoms with E-state index < -0.39 is 18.5 Å². The maximum absolute atomic E-state index is 11.8. The maximum Gasteiger partial charge on any atom is 0 e. The van der Waals surface area contributed by atoms with E-state index in [0.29, 0.717) is 91.9 Å². The Morgan fingerprint density at radius 3 is 1.00 bits per heavy atom. The molecule has 0 amide bonds. The minimum Gasteiger partial charge on any atom is 0 e. The van der Waals surface area contributed by atoms with E-state index in [-0.39, 0.29) is 104 Å². The third-order valence-corrected chi connectivity index (χ3v) is 1.10. The van der Waals surface area contributed by atoms with Crippen molar-refractivity contribution in [1.29, 1.82) is 6.83 Å². The Balaban J connectivity index is -0.0000000282. The molecule has 19 heavy (non-hydrogen) atoms. The Labute approximate surface area is 247 Å². The normalized spacial score (nSPS) is 8.05. The van der Waals surface area contributed by atoms with E-state index in [0.717, 1.165) is 0 Å². The Hall–Kier alpha value is 5.62. The van der Waals surface area contributed by atoms with Crippen LogP contribution in [0.2, 0.25) is 6.04 Å². The molecule has 0 aromatic rings. The first-order valence-electron chi connectivity index (χ1n) is 3.18. The average Bonchev–Trinajstić information content (AvgIpc) is 2.25. The average molecular weight is 751 g/mol. The standard InChI is InChI=1S/C4H4F5Si.3N.6Y/c5-3(6,1-2-10)4(7,8)9;;;;;;;;;/h1-2H2;;;;;;;;;. The molecule has 0 aromatic carbocycles. The molecule has 0 N–H and O–H groups in total. The molecular formula is C4H4F5N3SiY6. The number of rotatable bonds is 2. The first kappa shape index (κ1) is 44.2. The zero-order chi connectivity index (χ0) is 14.4. The van der Waals surface area contributed by atoms with Crippen LogP contribution in [0.3, 0.4) is 0 Å². The molecule has 0 saturated carbocycles. The van der Waals surface area contributed by atoms with E-state index in [1.807, 2.05) is 0 Å². The molecule has 3 nitrogen and oxygen atoms in total. The Kier molecular flexibility index (Phi) is 73.1. The molecule has 0 aliphatic carbocycles. The van der Waals surface area contributed by atoms with Gasteiger partial charge in [0, 0.05) is 115 Å². The van der Waals surface area contributed by atoms with Gasteiger partial charge in [-0.1, -0.05) is 6.04 Å². The van der Waals surface area contributed by atoms with Crippen molar-refractivity contribution in [3.05, 3.63) is 0 Å². The molecule has 0 aliphatic heterocycles. The summed E-state index contributed by atoms with van der Waals surface area (Å²) in [5, 5.41) is 0. The summed E-state index contributed by atoms with van der Waals surface area (Å²) in [5.74, 6) is -4.56. The van der Waals surface area contributed by atoms with Crippen molar-refractivity contribution in [3.8, 4) is 0 Å².